The van der Waals surface area contributed by atoms with Gasteiger partial charge in [-0.05, 0) is 62.2 Å². The van der Waals surface area contributed by atoms with E-state index in [2.05, 4.69) is 14.9 Å². The molecule has 1 aliphatic rings. The lowest BCUT2D eigenvalue weighted by Crippen LogP contribution is -2.54. The Morgan fingerprint density at radius 3 is 2.85 bits per heavy atom. The smallest absolute Gasteiger partial charge is 0.253 e. The number of carbonyl (C=O) groups excluding carboxylic acids is 1. The van der Waals surface area contributed by atoms with Crippen molar-refractivity contribution in [1.82, 2.24) is 14.9 Å². The number of amides is 1. The number of benzene rings is 1. The van der Waals surface area contributed by atoms with E-state index < -0.39 is 5.60 Å². The van der Waals surface area contributed by atoms with Crippen LogP contribution in [0.3, 0.4) is 0 Å². The summed E-state index contributed by atoms with van der Waals surface area (Å²) in [7, 11) is 1.73. The van der Waals surface area contributed by atoms with Crippen molar-refractivity contribution < 1.29 is 14.6 Å². The van der Waals surface area contributed by atoms with Gasteiger partial charge in [0, 0.05) is 55.4 Å². The molecule has 8 nitrogen and oxygen atoms in total. The lowest BCUT2D eigenvalue weighted by molar-refractivity contribution is 0.0000659. The molecular formula is C25H31N5O3. The average Bonchev–Trinajstić information content (AvgIpc) is 2.83. The maximum atomic E-state index is 13.0. The first-order valence-electron chi connectivity index (χ1n) is 11.3. The number of nitrogens with two attached hydrogens (primary N) is 1. The molecule has 1 saturated heterocycles. The second-order valence-corrected chi connectivity index (χ2v) is 8.65. The lowest BCUT2D eigenvalue weighted by Gasteiger charge is -2.42. The Labute approximate surface area is 194 Å². The minimum Gasteiger partial charge on any atom is -0.494 e. The second kappa shape index (κ2) is 10.1. The number of nitrogens with zero attached hydrogens (tertiary/aromatic N) is 4. The summed E-state index contributed by atoms with van der Waals surface area (Å²) in [6.07, 6.45) is 7.57. The van der Waals surface area contributed by atoms with Crippen LogP contribution in [0.2, 0.25) is 0 Å². The maximum absolute atomic E-state index is 13.0. The van der Waals surface area contributed by atoms with Gasteiger partial charge in [0.15, 0.2) is 0 Å². The summed E-state index contributed by atoms with van der Waals surface area (Å²) in [6.45, 7) is 2.65. The number of carbonyl (C=O) groups is 1. The van der Waals surface area contributed by atoms with E-state index in [9.17, 15) is 9.90 Å². The number of β-amino-alcohol motifs (C(OH)–C–C–N with tert-alkyl or cyclic N) is 1. The molecule has 1 aliphatic heterocycles. The Bertz CT molecular complexity index is 1090. The molecule has 1 fully saturated rings. The van der Waals surface area contributed by atoms with Gasteiger partial charge in [0.25, 0.3) is 5.91 Å². The number of aliphatic hydroxyl groups is 1. The predicted molar refractivity (Wildman–Crippen MR) is 129 cm³/mol. The summed E-state index contributed by atoms with van der Waals surface area (Å²) in [5, 5.41) is 12.4. The summed E-state index contributed by atoms with van der Waals surface area (Å²) >= 11 is 0. The number of rotatable bonds is 8. The van der Waals surface area contributed by atoms with Gasteiger partial charge < -0.3 is 25.4 Å². The first-order chi connectivity index (χ1) is 16.0. The van der Waals surface area contributed by atoms with Crippen molar-refractivity contribution in [2.75, 3.05) is 44.7 Å². The van der Waals surface area contributed by atoms with Crippen molar-refractivity contribution in [1.29, 1.82) is 0 Å². The molecule has 2 aromatic heterocycles. The Kier molecular flexibility index (Phi) is 7.05. The van der Waals surface area contributed by atoms with Crippen LogP contribution in [0.4, 0.5) is 5.69 Å². The molecule has 3 N–H and O–H groups in total. The average molecular weight is 450 g/mol. The number of piperidine rings is 1. The van der Waals surface area contributed by atoms with Gasteiger partial charge in [-0.3, -0.25) is 14.8 Å². The van der Waals surface area contributed by atoms with Crippen molar-refractivity contribution in [2.45, 2.75) is 24.9 Å². The predicted octanol–water partition coefficient (Wildman–Crippen LogP) is 2.46. The van der Waals surface area contributed by atoms with Crippen molar-refractivity contribution in [3.05, 3.63) is 60.6 Å². The van der Waals surface area contributed by atoms with E-state index in [0.717, 1.165) is 36.0 Å². The van der Waals surface area contributed by atoms with Crippen LogP contribution in [-0.2, 0) is 0 Å². The van der Waals surface area contributed by atoms with Gasteiger partial charge in [0.2, 0.25) is 0 Å². The quantitative estimate of drug-likeness (QED) is 0.509. The monoisotopic (exact) mass is 449 g/mol. The first kappa shape index (κ1) is 22.9. The number of hydrogen-bond donors (Lipinski definition) is 2. The van der Waals surface area contributed by atoms with Crippen molar-refractivity contribution in [3.8, 4) is 5.75 Å². The zero-order chi connectivity index (χ0) is 23.3. The standard InChI is InChI=1S/C25H31N5O3/c1-29(24(31)19-4-6-20(7-5-19)33-15-3-11-26)17-25(32)10-2-14-30(18-25)23-9-13-28-22-8-12-27-16-21(22)23/h4-9,12-13,16,32H,2-3,10-11,14-15,17-18,26H2,1H3/t25-/m0/s1. The van der Waals surface area contributed by atoms with Crippen molar-refractivity contribution in [2.24, 2.45) is 5.73 Å². The molecule has 1 aromatic carbocycles. The van der Waals surface area contributed by atoms with Crippen LogP contribution in [-0.4, -0.2) is 71.3 Å². The normalized spacial score (nSPS) is 18.3. The summed E-state index contributed by atoms with van der Waals surface area (Å²) < 4.78 is 5.60. The summed E-state index contributed by atoms with van der Waals surface area (Å²) in [4.78, 5) is 25.4. The third kappa shape index (κ3) is 5.40. The molecule has 33 heavy (non-hydrogen) atoms. The van der Waals surface area contributed by atoms with Gasteiger partial charge in [-0.2, -0.15) is 0 Å². The highest BCUT2D eigenvalue weighted by Crippen LogP contribution is 2.31. The molecule has 8 heteroatoms. The van der Waals surface area contributed by atoms with E-state index in [-0.39, 0.29) is 12.5 Å². The Hall–Kier alpha value is -3.23. The van der Waals surface area contributed by atoms with Crippen LogP contribution in [0.1, 0.15) is 29.6 Å². The molecule has 1 atom stereocenters. The molecule has 4 rings (SSSR count). The molecular weight excluding hydrogens is 418 g/mol. The summed E-state index contributed by atoms with van der Waals surface area (Å²) in [6, 6.07) is 10.9. The first-order valence-corrected chi connectivity index (χ1v) is 11.3. The topological polar surface area (TPSA) is 105 Å². The number of likely N-dealkylation sites (N-methyl/N-ethyl adjacent to an activating group) is 1. The largest absolute Gasteiger partial charge is 0.494 e. The molecule has 3 aromatic rings. The molecule has 0 aliphatic carbocycles. The summed E-state index contributed by atoms with van der Waals surface area (Å²) in [5.74, 6) is 0.580. The summed E-state index contributed by atoms with van der Waals surface area (Å²) in [5.41, 5.74) is 6.92. The fourth-order valence-electron chi connectivity index (χ4n) is 4.40. The minimum atomic E-state index is -1.01. The van der Waals surface area contributed by atoms with Crippen molar-refractivity contribution in [3.63, 3.8) is 0 Å². The van der Waals surface area contributed by atoms with Gasteiger partial charge in [-0.1, -0.05) is 0 Å². The second-order valence-electron chi connectivity index (χ2n) is 8.65. The van der Waals surface area contributed by atoms with Crippen LogP contribution in [0.25, 0.3) is 10.9 Å². The number of pyridine rings is 2. The highest BCUT2D eigenvalue weighted by atomic mass is 16.5. The fourth-order valence-corrected chi connectivity index (χ4v) is 4.40. The zero-order valence-corrected chi connectivity index (χ0v) is 19.0. The highest BCUT2D eigenvalue weighted by Gasteiger charge is 2.36. The lowest BCUT2D eigenvalue weighted by atomic mass is 9.91. The third-order valence-electron chi connectivity index (χ3n) is 6.01. The minimum absolute atomic E-state index is 0.132. The van der Waals surface area contributed by atoms with Crippen LogP contribution in [0.5, 0.6) is 5.75 Å². The van der Waals surface area contributed by atoms with Crippen LogP contribution in [0, 0.1) is 0 Å². The Morgan fingerprint density at radius 2 is 2.06 bits per heavy atom. The van der Waals surface area contributed by atoms with Crippen LogP contribution >= 0.6 is 0 Å². The van der Waals surface area contributed by atoms with Gasteiger partial charge in [0.05, 0.1) is 24.3 Å². The maximum Gasteiger partial charge on any atom is 0.253 e. The van der Waals surface area contributed by atoms with E-state index in [1.54, 1.807) is 48.6 Å². The van der Waals surface area contributed by atoms with E-state index in [4.69, 9.17) is 10.5 Å². The van der Waals surface area contributed by atoms with E-state index in [1.165, 1.54) is 0 Å². The number of fused-ring (bicyclic) bond motifs is 1. The third-order valence-corrected chi connectivity index (χ3v) is 6.01. The molecule has 0 unspecified atom stereocenters. The van der Waals surface area contributed by atoms with Gasteiger partial charge in [-0.15, -0.1) is 0 Å². The van der Waals surface area contributed by atoms with E-state index in [0.29, 0.717) is 37.4 Å². The molecule has 0 bridgehead atoms. The number of hydrogen-bond acceptors (Lipinski definition) is 7. The van der Waals surface area contributed by atoms with Crippen LogP contribution in [0.15, 0.2) is 55.0 Å². The van der Waals surface area contributed by atoms with Gasteiger partial charge in [0.1, 0.15) is 5.75 Å². The number of aromatic nitrogens is 2. The molecule has 1 amide bonds. The van der Waals surface area contributed by atoms with Crippen LogP contribution < -0.4 is 15.4 Å². The molecule has 0 saturated carbocycles. The SMILES string of the molecule is CN(C[C@@]1(O)CCCN(c2ccnc3ccncc23)C1)C(=O)c1ccc(OCCCN)cc1. The zero-order valence-electron chi connectivity index (χ0n) is 19.0. The Morgan fingerprint density at radius 1 is 1.24 bits per heavy atom. The molecule has 0 radical (unpaired) electrons. The molecule has 0 spiro atoms. The number of anilines is 1. The molecule has 3 heterocycles. The fraction of sp³-hybridized carbons (Fsp3) is 0.400. The van der Waals surface area contributed by atoms with Crippen molar-refractivity contribution >= 4 is 22.5 Å². The Balaban J connectivity index is 1.42. The van der Waals surface area contributed by atoms with Gasteiger partial charge >= 0.3 is 0 Å². The van der Waals surface area contributed by atoms with E-state index in [1.807, 2.05) is 18.3 Å². The molecule has 174 valence electrons. The number of ether oxygens (including phenoxy) is 1. The highest BCUT2D eigenvalue weighted by molar-refractivity contribution is 5.94. The van der Waals surface area contributed by atoms with Gasteiger partial charge in [-0.25, -0.2) is 0 Å². The van der Waals surface area contributed by atoms with E-state index >= 15 is 0 Å².